The number of anilines is 1. The Balaban J connectivity index is 2.21. The van der Waals surface area contributed by atoms with Gasteiger partial charge in [0, 0.05) is 12.2 Å². The molecular formula is C16H24N2O2. The second kappa shape index (κ2) is 6.27. The lowest BCUT2D eigenvalue weighted by atomic mass is 9.98. The Hall–Kier alpha value is -1.55. The smallest absolute Gasteiger partial charge is 0.243 e. The highest BCUT2D eigenvalue weighted by molar-refractivity contribution is 5.98. The zero-order valence-electron chi connectivity index (χ0n) is 12.6. The lowest BCUT2D eigenvalue weighted by Gasteiger charge is -2.32. The van der Waals surface area contributed by atoms with E-state index in [0.29, 0.717) is 5.92 Å². The van der Waals surface area contributed by atoms with Crippen molar-refractivity contribution >= 4 is 11.6 Å². The van der Waals surface area contributed by atoms with Crippen molar-refractivity contribution in [2.24, 2.45) is 11.7 Å². The Labute approximate surface area is 120 Å². The summed E-state index contributed by atoms with van der Waals surface area (Å²) in [6.45, 7) is 4.92. The van der Waals surface area contributed by atoms with Crippen molar-refractivity contribution in [3.63, 3.8) is 0 Å². The van der Waals surface area contributed by atoms with Crippen LogP contribution in [0, 0.1) is 5.92 Å². The fourth-order valence-electron chi connectivity index (χ4n) is 2.74. The maximum Gasteiger partial charge on any atom is 0.243 e. The minimum Gasteiger partial charge on any atom is -0.497 e. The number of carbonyl (C=O) groups excluding carboxylic acids is 1. The molecule has 1 aliphatic rings. The number of methoxy groups -OCH3 is 1. The number of carbonyl (C=O) groups is 1. The van der Waals surface area contributed by atoms with Gasteiger partial charge in [-0.1, -0.05) is 13.8 Å². The van der Waals surface area contributed by atoms with Crippen LogP contribution in [0.2, 0.25) is 0 Å². The summed E-state index contributed by atoms with van der Waals surface area (Å²) < 4.78 is 5.25. The summed E-state index contributed by atoms with van der Waals surface area (Å²) in [5, 5.41) is 0. The highest BCUT2D eigenvalue weighted by atomic mass is 16.5. The van der Waals surface area contributed by atoms with Gasteiger partial charge < -0.3 is 15.4 Å². The third-order valence-corrected chi connectivity index (χ3v) is 3.71. The maximum absolute atomic E-state index is 12.5. The predicted octanol–water partition coefficient (Wildman–Crippen LogP) is 2.35. The van der Waals surface area contributed by atoms with E-state index in [1.165, 1.54) is 5.56 Å². The van der Waals surface area contributed by atoms with Crippen LogP contribution in [-0.4, -0.2) is 25.6 Å². The molecule has 110 valence electrons. The Morgan fingerprint density at radius 1 is 1.45 bits per heavy atom. The van der Waals surface area contributed by atoms with Crippen molar-refractivity contribution in [3.05, 3.63) is 23.8 Å². The molecule has 0 radical (unpaired) electrons. The molecule has 1 aromatic carbocycles. The molecule has 0 fully saturated rings. The molecule has 2 rings (SSSR count). The van der Waals surface area contributed by atoms with Crippen LogP contribution >= 0.6 is 0 Å². The second-order valence-corrected chi connectivity index (χ2v) is 5.82. The summed E-state index contributed by atoms with van der Waals surface area (Å²) in [7, 11) is 1.66. The average molecular weight is 276 g/mol. The van der Waals surface area contributed by atoms with Gasteiger partial charge in [-0.3, -0.25) is 4.79 Å². The van der Waals surface area contributed by atoms with E-state index >= 15 is 0 Å². The monoisotopic (exact) mass is 276 g/mol. The van der Waals surface area contributed by atoms with E-state index in [4.69, 9.17) is 10.5 Å². The summed E-state index contributed by atoms with van der Waals surface area (Å²) >= 11 is 0. The molecule has 1 aliphatic heterocycles. The number of hydrogen-bond acceptors (Lipinski definition) is 3. The molecule has 1 heterocycles. The van der Waals surface area contributed by atoms with Gasteiger partial charge in [-0.05, 0) is 48.9 Å². The first kappa shape index (κ1) is 14.9. The quantitative estimate of drug-likeness (QED) is 0.918. The molecule has 0 aliphatic carbocycles. The van der Waals surface area contributed by atoms with Crippen LogP contribution in [0.1, 0.15) is 32.3 Å². The van der Waals surface area contributed by atoms with Crippen LogP contribution in [-0.2, 0) is 11.2 Å². The van der Waals surface area contributed by atoms with E-state index in [1.807, 2.05) is 23.1 Å². The fourth-order valence-corrected chi connectivity index (χ4v) is 2.74. The van der Waals surface area contributed by atoms with Crippen LogP contribution in [0.15, 0.2) is 18.2 Å². The third-order valence-electron chi connectivity index (χ3n) is 3.71. The van der Waals surface area contributed by atoms with E-state index in [9.17, 15) is 4.79 Å². The molecular weight excluding hydrogens is 252 g/mol. The molecule has 0 bridgehead atoms. The van der Waals surface area contributed by atoms with Crippen LogP contribution in [0.5, 0.6) is 5.75 Å². The highest BCUT2D eigenvalue weighted by Crippen LogP contribution is 2.31. The molecule has 1 amide bonds. The van der Waals surface area contributed by atoms with Crippen molar-refractivity contribution in [1.82, 2.24) is 0 Å². The number of fused-ring (bicyclic) bond motifs is 1. The Morgan fingerprint density at radius 2 is 2.20 bits per heavy atom. The van der Waals surface area contributed by atoms with Crippen molar-refractivity contribution in [2.75, 3.05) is 18.6 Å². The number of ether oxygens (including phenoxy) is 1. The zero-order chi connectivity index (χ0) is 14.7. The lowest BCUT2D eigenvalue weighted by molar-refractivity contribution is -0.120. The number of aryl methyl sites for hydroxylation is 1. The Kier molecular flexibility index (Phi) is 4.65. The summed E-state index contributed by atoms with van der Waals surface area (Å²) in [5.41, 5.74) is 8.20. The largest absolute Gasteiger partial charge is 0.497 e. The molecule has 0 unspecified atom stereocenters. The fraction of sp³-hybridized carbons (Fsp3) is 0.562. The van der Waals surface area contributed by atoms with E-state index in [1.54, 1.807) is 7.11 Å². The molecule has 4 nitrogen and oxygen atoms in total. The highest BCUT2D eigenvalue weighted by Gasteiger charge is 2.27. The zero-order valence-corrected chi connectivity index (χ0v) is 12.6. The minimum atomic E-state index is -0.414. The SMILES string of the molecule is COc1ccc2c(c1)CCCN2C(=O)[C@@H](N)CC(C)C. The topological polar surface area (TPSA) is 55.6 Å². The minimum absolute atomic E-state index is 0.0322. The molecule has 2 N–H and O–H groups in total. The number of benzene rings is 1. The molecule has 1 atom stereocenters. The number of nitrogens with two attached hydrogens (primary N) is 1. The van der Waals surface area contributed by atoms with Crippen LogP contribution in [0.3, 0.4) is 0 Å². The van der Waals surface area contributed by atoms with E-state index in [2.05, 4.69) is 13.8 Å². The van der Waals surface area contributed by atoms with E-state index in [-0.39, 0.29) is 5.91 Å². The first-order chi connectivity index (χ1) is 9.52. The number of amides is 1. The normalized spacial score (nSPS) is 15.9. The Bertz CT molecular complexity index is 485. The van der Waals surface area contributed by atoms with Crippen molar-refractivity contribution in [2.45, 2.75) is 39.2 Å². The average Bonchev–Trinajstić information content (AvgIpc) is 2.44. The van der Waals surface area contributed by atoms with Gasteiger partial charge in [0.2, 0.25) is 5.91 Å². The van der Waals surface area contributed by atoms with E-state index in [0.717, 1.165) is 37.2 Å². The standard InChI is InChI=1S/C16H24N2O2/c1-11(2)9-14(17)16(19)18-8-4-5-12-10-13(20-3)6-7-15(12)18/h6-7,10-11,14H,4-5,8-9,17H2,1-3H3/t14-/m0/s1. The van der Waals surface area contributed by atoms with Gasteiger partial charge in [0.25, 0.3) is 0 Å². The van der Waals surface area contributed by atoms with Gasteiger partial charge in [-0.2, -0.15) is 0 Å². The second-order valence-electron chi connectivity index (χ2n) is 5.82. The van der Waals surface area contributed by atoms with Gasteiger partial charge in [0.1, 0.15) is 5.75 Å². The third kappa shape index (κ3) is 3.12. The first-order valence-electron chi connectivity index (χ1n) is 7.26. The Morgan fingerprint density at radius 3 is 2.85 bits per heavy atom. The van der Waals surface area contributed by atoms with Crippen molar-refractivity contribution < 1.29 is 9.53 Å². The molecule has 0 saturated carbocycles. The van der Waals surface area contributed by atoms with Gasteiger partial charge >= 0.3 is 0 Å². The number of rotatable bonds is 4. The molecule has 1 aromatic rings. The van der Waals surface area contributed by atoms with Crippen molar-refractivity contribution in [3.8, 4) is 5.75 Å². The molecule has 4 heteroatoms. The summed E-state index contributed by atoms with van der Waals surface area (Å²) in [5.74, 6) is 1.29. The maximum atomic E-state index is 12.5. The van der Waals surface area contributed by atoms with Gasteiger partial charge in [0.15, 0.2) is 0 Å². The lowest BCUT2D eigenvalue weighted by Crippen LogP contribution is -2.46. The molecule has 20 heavy (non-hydrogen) atoms. The number of hydrogen-bond donors (Lipinski definition) is 1. The van der Waals surface area contributed by atoms with Gasteiger partial charge in [-0.15, -0.1) is 0 Å². The van der Waals surface area contributed by atoms with Crippen LogP contribution in [0.4, 0.5) is 5.69 Å². The van der Waals surface area contributed by atoms with Gasteiger partial charge in [0.05, 0.1) is 13.2 Å². The molecule has 0 aromatic heterocycles. The first-order valence-corrected chi connectivity index (χ1v) is 7.26. The van der Waals surface area contributed by atoms with E-state index < -0.39 is 6.04 Å². The van der Waals surface area contributed by atoms with Crippen LogP contribution in [0.25, 0.3) is 0 Å². The summed E-state index contributed by atoms with van der Waals surface area (Å²) in [6.07, 6.45) is 2.68. The summed E-state index contributed by atoms with van der Waals surface area (Å²) in [6, 6.07) is 5.47. The van der Waals surface area contributed by atoms with Crippen molar-refractivity contribution in [1.29, 1.82) is 0 Å². The predicted molar refractivity (Wildman–Crippen MR) is 81.1 cm³/mol. The van der Waals surface area contributed by atoms with Crippen LogP contribution < -0.4 is 15.4 Å². The number of nitrogens with zero attached hydrogens (tertiary/aromatic N) is 1. The molecule has 0 saturated heterocycles. The molecule has 0 spiro atoms. The van der Waals surface area contributed by atoms with Gasteiger partial charge in [-0.25, -0.2) is 0 Å². The summed E-state index contributed by atoms with van der Waals surface area (Å²) in [4.78, 5) is 14.4.